The first-order valence-corrected chi connectivity index (χ1v) is 7.12. The van der Waals surface area contributed by atoms with E-state index < -0.39 is 0 Å². The monoisotopic (exact) mass is 302 g/mol. The van der Waals surface area contributed by atoms with Gasteiger partial charge in [0, 0.05) is 13.0 Å². The molecule has 2 aliphatic carbocycles. The van der Waals surface area contributed by atoms with Crippen molar-refractivity contribution < 1.29 is 14.9 Å². The topological polar surface area (TPSA) is 49.7 Å². The number of ether oxygens (including phenoxy) is 1. The van der Waals surface area contributed by atoms with Gasteiger partial charge in [0.25, 0.3) is 0 Å². The van der Waals surface area contributed by atoms with Crippen molar-refractivity contribution in [3.63, 3.8) is 0 Å². The minimum Gasteiger partial charge on any atom is -0.497 e. The van der Waals surface area contributed by atoms with Gasteiger partial charge in [0.2, 0.25) is 0 Å². The minimum absolute atomic E-state index is 0. The van der Waals surface area contributed by atoms with Crippen molar-refractivity contribution in [1.82, 2.24) is 0 Å². The third-order valence-corrected chi connectivity index (χ3v) is 3.90. The van der Waals surface area contributed by atoms with E-state index >= 15 is 0 Å². The lowest BCUT2D eigenvalue weighted by Crippen LogP contribution is -2.25. The summed E-state index contributed by atoms with van der Waals surface area (Å²) in [6.07, 6.45) is 11.0. The van der Waals surface area contributed by atoms with Crippen LogP contribution in [0, 0.1) is 11.8 Å². The Morgan fingerprint density at radius 3 is 2.59 bits per heavy atom. The molecule has 0 amide bonds. The van der Waals surface area contributed by atoms with Crippen LogP contribution in [0.5, 0.6) is 5.75 Å². The number of fused-ring (bicyclic) bond motifs is 1. The maximum atomic E-state index is 10.0. The SMILES string of the molecule is C.CO.COc1cccc(C2=CC(O)CC3C=CC=CC23)c1. The Balaban J connectivity index is 0.000000775. The molecule has 0 spiro atoms. The van der Waals surface area contributed by atoms with Crippen molar-refractivity contribution in [3.8, 4) is 5.75 Å². The maximum Gasteiger partial charge on any atom is 0.119 e. The number of hydrogen-bond donors (Lipinski definition) is 2. The van der Waals surface area contributed by atoms with E-state index in [0.29, 0.717) is 11.8 Å². The van der Waals surface area contributed by atoms with E-state index in [-0.39, 0.29) is 13.5 Å². The highest BCUT2D eigenvalue weighted by Gasteiger charge is 2.29. The average Bonchev–Trinajstić information content (AvgIpc) is 2.56. The summed E-state index contributed by atoms with van der Waals surface area (Å²) < 4.78 is 5.29. The normalized spacial score (nSPS) is 25.1. The summed E-state index contributed by atoms with van der Waals surface area (Å²) in [5.74, 6) is 1.61. The third kappa shape index (κ3) is 3.87. The molecule has 3 nitrogen and oxygen atoms in total. The average molecular weight is 302 g/mol. The fourth-order valence-corrected chi connectivity index (χ4v) is 2.97. The highest BCUT2D eigenvalue weighted by atomic mass is 16.5. The first-order chi connectivity index (χ1) is 10.3. The van der Waals surface area contributed by atoms with Crippen LogP contribution in [-0.2, 0) is 0 Å². The van der Waals surface area contributed by atoms with Gasteiger partial charge in [-0.15, -0.1) is 0 Å². The van der Waals surface area contributed by atoms with Crippen LogP contribution in [0.25, 0.3) is 5.57 Å². The van der Waals surface area contributed by atoms with Crippen LogP contribution in [0.15, 0.2) is 54.6 Å². The third-order valence-electron chi connectivity index (χ3n) is 3.90. The van der Waals surface area contributed by atoms with Gasteiger partial charge in [-0.05, 0) is 35.6 Å². The summed E-state index contributed by atoms with van der Waals surface area (Å²) in [5.41, 5.74) is 2.33. The molecule has 0 saturated heterocycles. The molecule has 3 atom stereocenters. The quantitative estimate of drug-likeness (QED) is 0.880. The first-order valence-electron chi connectivity index (χ1n) is 7.12. The Morgan fingerprint density at radius 1 is 1.14 bits per heavy atom. The molecule has 0 fully saturated rings. The number of rotatable bonds is 2. The Labute approximate surface area is 133 Å². The number of hydrogen-bond acceptors (Lipinski definition) is 3. The fraction of sp³-hybridized carbons (Fsp3) is 0.368. The molecule has 0 heterocycles. The minimum atomic E-state index is -0.362. The van der Waals surface area contributed by atoms with Gasteiger partial charge in [0.15, 0.2) is 0 Å². The van der Waals surface area contributed by atoms with Crippen molar-refractivity contribution in [1.29, 1.82) is 0 Å². The van der Waals surface area contributed by atoms with Crippen LogP contribution in [0.1, 0.15) is 19.4 Å². The van der Waals surface area contributed by atoms with Crippen molar-refractivity contribution in [2.75, 3.05) is 14.2 Å². The van der Waals surface area contributed by atoms with Gasteiger partial charge in [-0.3, -0.25) is 0 Å². The molecular weight excluding hydrogens is 276 g/mol. The van der Waals surface area contributed by atoms with Crippen molar-refractivity contribution in [2.45, 2.75) is 20.0 Å². The molecule has 0 saturated carbocycles. The van der Waals surface area contributed by atoms with Crippen molar-refractivity contribution >= 4 is 5.57 Å². The predicted molar refractivity (Wildman–Crippen MR) is 91.7 cm³/mol. The maximum absolute atomic E-state index is 10.0. The number of benzene rings is 1. The Morgan fingerprint density at radius 2 is 1.86 bits per heavy atom. The second-order valence-corrected chi connectivity index (χ2v) is 5.12. The molecule has 1 aromatic rings. The van der Waals surface area contributed by atoms with Gasteiger partial charge in [-0.25, -0.2) is 0 Å². The van der Waals surface area contributed by atoms with E-state index in [1.807, 2.05) is 24.3 Å². The second kappa shape index (κ2) is 8.57. The van der Waals surface area contributed by atoms with Gasteiger partial charge in [0.1, 0.15) is 5.75 Å². The van der Waals surface area contributed by atoms with E-state index in [2.05, 4.69) is 30.4 Å². The van der Waals surface area contributed by atoms with Crippen LogP contribution in [0.2, 0.25) is 0 Å². The van der Waals surface area contributed by atoms with Gasteiger partial charge < -0.3 is 14.9 Å². The second-order valence-electron chi connectivity index (χ2n) is 5.12. The van der Waals surface area contributed by atoms with Crippen LogP contribution in [0.4, 0.5) is 0 Å². The van der Waals surface area contributed by atoms with Crippen LogP contribution in [0.3, 0.4) is 0 Å². The van der Waals surface area contributed by atoms with E-state index in [9.17, 15) is 5.11 Å². The summed E-state index contributed by atoms with van der Waals surface area (Å²) >= 11 is 0. The molecule has 0 aromatic heterocycles. The van der Waals surface area contributed by atoms with Crippen molar-refractivity contribution in [2.24, 2.45) is 11.8 Å². The lowest BCUT2D eigenvalue weighted by molar-refractivity contribution is 0.183. The number of aliphatic hydroxyl groups excluding tert-OH is 2. The molecule has 3 unspecified atom stereocenters. The lowest BCUT2D eigenvalue weighted by Gasteiger charge is -2.33. The van der Waals surface area contributed by atoms with E-state index in [1.54, 1.807) is 7.11 Å². The summed E-state index contributed by atoms with van der Waals surface area (Å²) in [6.45, 7) is 0. The molecule has 2 N–H and O–H groups in total. The zero-order valence-corrected chi connectivity index (χ0v) is 12.4. The smallest absolute Gasteiger partial charge is 0.119 e. The number of allylic oxidation sites excluding steroid dienone is 5. The highest BCUT2D eigenvalue weighted by molar-refractivity contribution is 5.72. The van der Waals surface area contributed by atoms with Gasteiger partial charge >= 0.3 is 0 Å². The largest absolute Gasteiger partial charge is 0.497 e. The summed E-state index contributed by atoms with van der Waals surface area (Å²) in [6, 6.07) is 8.05. The van der Waals surface area contributed by atoms with Crippen LogP contribution < -0.4 is 4.74 Å². The van der Waals surface area contributed by atoms with E-state index in [4.69, 9.17) is 9.84 Å². The zero-order chi connectivity index (χ0) is 15.2. The molecule has 120 valence electrons. The van der Waals surface area contributed by atoms with Crippen LogP contribution in [-0.4, -0.2) is 30.5 Å². The van der Waals surface area contributed by atoms with Crippen LogP contribution >= 0.6 is 0 Å². The predicted octanol–water partition coefficient (Wildman–Crippen LogP) is 3.45. The Hall–Kier alpha value is -1.84. The van der Waals surface area contributed by atoms with Gasteiger partial charge in [-0.2, -0.15) is 0 Å². The number of methoxy groups -OCH3 is 1. The number of aliphatic hydroxyl groups is 2. The standard InChI is InChI=1S/C17H18O2.CH4O.CH4/c1-19-15-7-4-6-13(10-15)17-11-14(18)9-12-5-2-3-8-16(12)17;1-2;/h2-8,10-12,14,16,18H,9H2,1H3;2H,1H3;1H4. The molecule has 1 aromatic carbocycles. The van der Waals surface area contributed by atoms with Crippen molar-refractivity contribution in [3.05, 3.63) is 60.2 Å². The van der Waals surface area contributed by atoms with Gasteiger partial charge in [0.05, 0.1) is 13.2 Å². The molecular formula is C19H26O3. The molecule has 3 heteroatoms. The molecule has 0 radical (unpaired) electrons. The summed E-state index contributed by atoms with van der Waals surface area (Å²) in [7, 11) is 2.68. The lowest BCUT2D eigenvalue weighted by atomic mass is 9.73. The Kier molecular flexibility index (Phi) is 7.09. The molecule has 0 aliphatic heterocycles. The molecule has 0 bridgehead atoms. The Bertz CT molecular complexity index is 558. The highest BCUT2D eigenvalue weighted by Crippen LogP contribution is 2.40. The molecule has 2 aliphatic rings. The first kappa shape index (κ1) is 18.2. The molecule has 3 rings (SSSR count). The molecule has 22 heavy (non-hydrogen) atoms. The van der Waals surface area contributed by atoms with E-state index in [1.165, 1.54) is 5.57 Å². The fourth-order valence-electron chi connectivity index (χ4n) is 2.97. The van der Waals surface area contributed by atoms with Gasteiger partial charge in [-0.1, -0.05) is 49.9 Å². The zero-order valence-electron chi connectivity index (χ0n) is 12.4. The summed E-state index contributed by atoms with van der Waals surface area (Å²) in [4.78, 5) is 0. The summed E-state index contributed by atoms with van der Waals surface area (Å²) in [5, 5.41) is 17.0. The van der Waals surface area contributed by atoms with E-state index in [0.717, 1.165) is 24.8 Å².